The van der Waals surface area contributed by atoms with E-state index in [1.54, 1.807) is 12.1 Å². The Morgan fingerprint density at radius 1 is 1.29 bits per heavy atom. The molecule has 0 aliphatic rings. The van der Waals surface area contributed by atoms with E-state index in [-0.39, 0.29) is 5.96 Å². The van der Waals surface area contributed by atoms with Gasteiger partial charge in [-0.05, 0) is 37.1 Å². The van der Waals surface area contributed by atoms with Crippen molar-refractivity contribution in [2.24, 2.45) is 10.7 Å². The van der Waals surface area contributed by atoms with Crippen molar-refractivity contribution in [3.63, 3.8) is 0 Å². The number of urea groups is 1. The van der Waals surface area contributed by atoms with Gasteiger partial charge >= 0.3 is 6.03 Å². The third-order valence-electron chi connectivity index (χ3n) is 2.28. The minimum Gasteiger partial charge on any atom is -0.399 e. The molecule has 1 rings (SSSR count). The Kier molecular flexibility index (Phi) is 3.92. The van der Waals surface area contributed by atoms with Crippen LogP contribution in [0, 0.1) is 13.8 Å². The van der Waals surface area contributed by atoms with E-state index >= 15 is 0 Å². The number of anilines is 2. The highest BCUT2D eigenvalue weighted by atomic mass is 16.2. The first-order valence-corrected chi connectivity index (χ1v) is 5.11. The number of nitrogens with one attached hydrogen (secondary N) is 2. The average Bonchev–Trinajstić information content (AvgIpc) is 2.23. The molecule has 1 aromatic carbocycles. The number of guanidine groups is 1. The molecular weight excluding hydrogens is 218 g/mol. The molecule has 6 N–H and O–H groups in total. The first-order chi connectivity index (χ1) is 7.93. The van der Waals surface area contributed by atoms with Gasteiger partial charge in [0.2, 0.25) is 0 Å². The number of amides is 2. The molecule has 0 spiro atoms. The molecule has 6 nitrogen and oxygen atoms in total. The van der Waals surface area contributed by atoms with E-state index in [1.165, 1.54) is 7.05 Å². The monoisotopic (exact) mass is 235 g/mol. The Balaban J connectivity index is 2.85. The van der Waals surface area contributed by atoms with Gasteiger partial charge in [-0.3, -0.25) is 10.3 Å². The van der Waals surface area contributed by atoms with Crippen molar-refractivity contribution in [3.05, 3.63) is 23.3 Å². The Morgan fingerprint density at radius 3 is 2.29 bits per heavy atom. The van der Waals surface area contributed by atoms with Crippen molar-refractivity contribution in [1.29, 1.82) is 0 Å². The summed E-state index contributed by atoms with van der Waals surface area (Å²) < 4.78 is 0. The van der Waals surface area contributed by atoms with E-state index in [2.05, 4.69) is 15.6 Å². The van der Waals surface area contributed by atoms with E-state index in [9.17, 15) is 4.79 Å². The molecule has 0 heterocycles. The molecular formula is C11H17N5O. The van der Waals surface area contributed by atoms with Crippen LogP contribution < -0.4 is 22.1 Å². The molecule has 92 valence electrons. The van der Waals surface area contributed by atoms with Crippen LogP contribution in [-0.2, 0) is 0 Å². The maximum absolute atomic E-state index is 11.6. The predicted octanol–water partition coefficient (Wildman–Crippen LogP) is 0.952. The number of nitrogens with two attached hydrogens (primary N) is 2. The van der Waals surface area contributed by atoms with Gasteiger partial charge in [0.25, 0.3) is 0 Å². The number of carbonyl (C=O) groups is 1. The molecule has 6 heteroatoms. The molecule has 0 atom stereocenters. The number of hydrogen-bond donors (Lipinski definition) is 4. The topological polar surface area (TPSA) is 106 Å². The van der Waals surface area contributed by atoms with Gasteiger partial charge in [-0.15, -0.1) is 0 Å². The van der Waals surface area contributed by atoms with Crippen LogP contribution in [0.3, 0.4) is 0 Å². The molecule has 0 radical (unpaired) electrons. The second kappa shape index (κ2) is 5.20. The first kappa shape index (κ1) is 12.8. The molecule has 0 unspecified atom stereocenters. The van der Waals surface area contributed by atoms with Gasteiger partial charge in [0, 0.05) is 18.4 Å². The van der Waals surface area contributed by atoms with Gasteiger partial charge in [0.1, 0.15) is 0 Å². The van der Waals surface area contributed by atoms with Gasteiger partial charge in [-0.1, -0.05) is 0 Å². The summed E-state index contributed by atoms with van der Waals surface area (Å²) in [5.74, 6) is 0.0632. The van der Waals surface area contributed by atoms with Crippen molar-refractivity contribution < 1.29 is 4.79 Å². The third kappa shape index (κ3) is 3.37. The lowest BCUT2D eigenvalue weighted by molar-refractivity contribution is 0.256. The molecule has 0 aromatic heterocycles. The highest BCUT2D eigenvalue weighted by Crippen LogP contribution is 2.22. The minimum atomic E-state index is -0.427. The lowest BCUT2D eigenvalue weighted by Gasteiger charge is -2.13. The van der Waals surface area contributed by atoms with Crippen LogP contribution in [-0.4, -0.2) is 19.0 Å². The molecule has 17 heavy (non-hydrogen) atoms. The van der Waals surface area contributed by atoms with Gasteiger partial charge < -0.3 is 16.8 Å². The van der Waals surface area contributed by atoms with E-state index in [0.29, 0.717) is 5.69 Å². The maximum Gasteiger partial charge on any atom is 0.326 e. The number of rotatable bonds is 1. The van der Waals surface area contributed by atoms with Crippen molar-refractivity contribution in [3.8, 4) is 0 Å². The fourth-order valence-electron chi connectivity index (χ4n) is 1.51. The predicted molar refractivity (Wildman–Crippen MR) is 70.0 cm³/mol. The molecule has 2 amide bonds. The molecule has 1 aromatic rings. The number of aryl methyl sites for hydroxylation is 2. The smallest absolute Gasteiger partial charge is 0.326 e. The number of aliphatic imine (C=N–C) groups is 1. The van der Waals surface area contributed by atoms with E-state index in [0.717, 1.165) is 16.8 Å². The quantitative estimate of drug-likeness (QED) is 0.331. The van der Waals surface area contributed by atoms with Crippen LogP contribution in [0.4, 0.5) is 16.2 Å². The molecule has 0 aliphatic heterocycles. The number of hydrogen-bond acceptors (Lipinski definition) is 3. The Morgan fingerprint density at radius 2 is 1.82 bits per heavy atom. The third-order valence-corrected chi connectivity index (χ3v) is 2.28. The fraction of sp³-hybridized carbons (Fsp3) is 0.273. The van der Waals surface area contributed by atoms with Crippen molar-refractivity contribution >= 4 is 23.4 Å². The summed E-state index contributed by atoms with van der Waals surface area (Å²) in [5, 5.41) is 5.10. The summed E-state index contributed by atoms with van der Waals surface area (Å²) in [5.41, 5.74) is 14.3. The summed E-state index contributed by atoms with van der Waals surface area (Å²) in [7, 11) is 1.50. The maximum atomic E-state index is 11.6. The Bertz CT molecular complexity index is 444. The highest BCUT2D eigenvalue weighted by molar-refractivity contribution is 6.02. The molecule has 0 saturated heterocycles. The van der Waals surface area contributed by atoms with Gasteiger partial charge in [-0.2, -0.15) is 0 Å². The molecule has 0 saturated carbocycles. The SMILES string of the molecule is CN=C(N)NC(=O)Nc1c(C)cc(N)cc1C. The van der Waals surface area contributed by atoms with Crippen molar-refractivity contribution in [2.45, 2.75) is 13.8 Å². The van der Waals surface area contributed by atoms with E-state index in [1.807, 2.05) is 13.8 Å². The van der Waals surface area contributed by atoms with Crippen LogP contribution in [0.5, 0.6) is 0 Å². The van der Waals surface area contributed by atoms with Crippen LogP contribution >= 0.6 is 0 Å². The minimum absolute atomic E-state index is 0.0632. The Hall–Kier alpha value is -2.24. The standard InChI is InChI=1S/C11H17N5O/c1-6-4-8(12)5-7(2)9(6)15-11(17)16-10(13)14-3/h4-5H,12H2,1-3H3,(H4,13,14,15,16,17). The van der Waals surface area contributed by atoms with Crippen molar-refractivity contribution in [1.82, 2.24) is 5.32 Å². The largest absolute Gasteiger partial charge is 0.399 e. The lowest BCUT2D eigenvalue weighted by atomic mass is 10.1. The second-order valence-electron chi connectivity index (χ2n) is 3.72. The summed E-state index contributed by atoms with van der Waals surface area (Å²) in [6.45, 7) is 3.74. The van der Waals surface area contributed by atoms with Gasteiger partial charge in [0.05, 0.1) is 0 Å². The Labute approximate surface area is 100 Å². The summed E-state index contributed by atoms with van der Waals surface area (Å²) in [4.78, 5) is 15.2. The summed E-state index contributed by atoms with van der Waals surface area (Å²) >= 11 is 0. The number of nitrogens with zero attached hydrogens (tertiary/aromatic N) is 1. The number of nitrogen functional groups attached to an aromatic ring is 1. The lowest BCUT2D eigenvalue weighted by Crippen LogP contribution is -2.39. The van der Waals surface area contributed by atoms with Crippen LogP contribution in [0.2, 0.25) is 0 Å². The van der Waals surface area contributed by atoms with Crippen molar-refractivity contribution in [2.75, 3.05) is 18.1 Å². The number of benzene rings is 1. The van der Waals surface area contributed by atoms with Gasteiger partial charge in [0.15, 0.2) is 5.96 Å². The normalized spacial score (nSPS) is 11.1. The van der Waals surface area contributed by atoms with Gasteiger partial charge in [-0.25, -0.2) is 4.79 Å². The summed E-state index contributed by atoms with van der Waals surface area (Å²) in [6.07, 6.45) is 0. The van der Waals surface area contributed by atoms with Crippen LogP contribution in [0.25, 0.3) is 0 Å². The van der Waals surface area contributed by atoms with Crippen LogP contribution in [0.1, 0.15) is 11.1 Å². The van der Waals surface area contributed by atoms with E-state index in [4.69, 9.17) is 11.5 Å². The average molecular weight is 235 g/mol. The van der Waals surface area contributed by atoms with Crippen LogP contribution in [0.15, 0.2) is 17.1 Å². The molecule has 0 bridgehead atoms. The van der Waals surface area contributed by atoms with E-state index < -0.39 is 6.03 Å². The second-order valence-corrected chi connectivity index (χ2v) is 3.72. The zero-order valence-corrected chi connectivity index (χ0v) is 10.2. The zero-order chi connectivity index (χ0) is 13.0. The number of carbonyl (C=O) groups excluding carboxylic acids is 1. The first-order valence-electron chi connectivity index (χ1n) is 5.11. The highest BCUT2D eigenvalue weighted by Gasteiger charge is 2.08. The summed E-state index contributed by atoms with van der Waals surface area (Å²) in [6, 6.07) is 3.16. The molecule has 0 aliphatic carbocycles. The fourth-order valence-corrected chi connectivity index (χ4v) is 1.51. The zero-order valence-electron chi connectivity index (χ0n) is 10.2. The molecule has 0 fully saturated rings.